The van der Waals surface area contributed by atoms with Gasteiger partial charge in [0.25, 0.3) is 0 Å². The number of rotatable bonds is 19. The lowest BCUT2D eigenvalue weighted by Crippen LogP contribution is -2.18. The Bertz CT molecular complexity index is 394. The lowest BCUT2D eigenvalue weighted by molar-refractivity contribution is -0.149. The van der Waals surface area contributed by atoms with Gasteiger partial charge in [0.05, 0.1) is 25.7 Å². The second-order valence-corrected chi connectivity index (χ2v) is 7.97. The van der Waals surface area contributed by atoms with Crippen LogP contribution in [0.15, 0.2) is 0 Å². The number of epoxide rings is 1. The van der Waals surface area contributed by atoms with Gasteiger partial charge < -0.3 is 14.2 Å². The molecule has 0 saturated carbocycles. The quantitative estimate of drug-likeness (QED) is 0.161. The highest BCUT2D eigenvalue weighted by molar-refractivity contribution is 5.76. The van der Waals surface area contributed by atoms with Crippen LogP contribution in [0.5, 0.6) is 0 Å². The molecule has 0 aromatic rings. The van der Waals surface area contributed by atoms with Crippen LogP contribution in [-0.2, 0) is 23.8 Å². The Morgan fingerprint density at radius 3 is 1.79 bits per heavy atom. The minimum Gasteiger partial charge on any atom is -0.465 e. The van der Waals surface area contributed by atoms with Crippen LogP contribution in [0.25, 0.3) is 0 Å². The summed E-state index contributed by atoms with van der Waals surface area (Å²) in [6.07, 6.45) is 15.0. The molecule has 164 valence electrons. The fraction of sp³-hybridized carbons (Fsp3) is 0.913. The molecule has 1 unspecified atom stereocenters. The minimum absolute atomic E-state index is 0.00589. The predicted molar refractivity (Wildman–Crippen MR) is 111 cm³/mol. The van der Waals surface area contributed by atoms with Crippen molar-refractivity contribution >= 4 is 11.9 Å². The number of hydrogen-bond acceptors (Lipinski definition) is 5. The average Bonchev–Trinajstić information content (AvgIpc) is 3.53. The fourth-order valence-electron chi connectivity index (χ4n) is 3.31. The molecule has 1 heterocycles. The third-order valence-corrected chi connectivity index (χ3v) is 5.27. The molecule has 0 aromatic heterocycles. The van der Waals surface area contributed by atoms with Crippen molar-refractivity contribution in [2.24, 2.45) is 5.92 Å². The fourth-order valence-corrected chi connectivity index (χ4v) is 3.31. The lowest BCUT2D eigenvalue weighted by Gasteiger charge is -2.16. The van der Waals surface area contributed by atoms with Crippen molar-refractivity contribution < 1.29 is 23.8 Å². The van der Waals surface area contributed by atoms with Crippen molar-refractivity contribution in [3.05, 3.63) is 0 Å². The first-order chi connectivity index (χ1) is 13.7. The molecule has 0 bridgehead atoms. The van der Waals surface area contributed by atoms with E-state index in [1.165, 1.54) is 38.5 Å². The Labute approximate surface area is 171 Å². The van der Waals surface area contributed by atoms with E-state index < -0.39 is 0 Å². The lowest BCUT2D eigenvalue weighted by atomic mass is 9.94. The van der Waals surface area contributed by atoms with Crippen molar-refractivity contribution in [3.8, 4) is 0 Å². The number of ether oxygens (including phenoxy) is 3. The van der Waals surface area contributed by atoms with Gasteiger partial charge >= 0.3 is 11.9 Å². The maximum atomic E-state index is 12.5. The normalized spacial score (nSPS) is 15.6. The SMILES string of the molecule is CCCCCCC(CCCCCC)C(=O)OCCCCCCOC(=O)C1CO1. The van der Waals surface area contributed by atoms with E-state index >= 15 is 0 Å². The molecule has 0 amide bonds. The zero-order valence-corrected chi connectivity index (χ0v) is 18.2. The number of hydrogen-bond donors (Lipinski definition) is 0. The molecule has 0 aliphatic carbocycles. The maximum absolute atomic E-state index is 12.5. The van der Waals surface area contributed by atoms with Crippen LogP contribution in [0.2, 0.25) is 0 Å². The smallest absolute Gasteiger partial charge is 0.337 e. The van der Waals surface area contributed by atoms with Crippen LogP contribution in [0.3, 0.4) is 0 Å². The van der Waals surface area contributed by atoms with Gasteiger partial charge in [-0.2, -0.15) is 0 Å². The van der Waals surface area contributed by atoms with Crippen molar-refractivity contribution in [2.75, 3.05) is 19.8 Å². The highest BCUT2D eigenvalue weighted by Gasteiger charge is 2.32. The van der Waals surface area contributed by atoms with E-state index in [0.717, 1.165) is 51.4 Å². The summed E-state index contributed by atoms with van der Waals surface area (Å²) in [5, 5.41) is 0. The van der Waals surface area contributed by atoms with Gasteiger partial charge in [0, 0.05) is 0 Å². The van der Waals surface area contributed by atoms with Crippen molar-refractivity contribution in [1.29, 1.82) is 0 Å². The minimum atomic E-state index is -0.309. The highest BCUT2D eigenvalue weighted by atomic mass is 16.6. The molecule has 1 aliphatic rings. The first-order valence-electron chi connectivity index (χ1n) is 11.6. The van der Waals surface area contributed by atoms with Crippen molar-refractivity contribution in [2.45, 2.75) is 110 Å². The monoisotopic (exact) mass is 398 g/mol. The number of esters is 2. The summed E-state index contributed by atoms with van der Waals surface area (Å²) in [6.45, 7) is 5.89. The van der Waals surface area contributed by atoms with Gasteiger partial charge in [-0.25, -0.2) is 4.79 Å². The highest BCUT2D eigenvalue weighted by Crippen LogP contribution is 2.20. The number of unbranched alkanes of at least 4 members (excludes halogenated alkanes) is 9. The largest absolute Gasteiger partial charge is 0.465 e. The van der Waals surface area contributed by atoms with Gasteiger partial charge in [-0.3, -0.25) is 4.79 Å². The van der Waals surface area contributed by atoms with Gasteiger partial charge in [0.15, 0.2) is 6.10 Å². The van der Waals surface area contributed by atoms with Gasteiger partial charge in [-0.1, -0.05) is 65.2 Å². The van der Waals surface area contributed by atoms with E-state index in [1.54, 1.807) is 0 Å². The predicted octanol–water partition coefficient (Wildman–Crippen LogP) is 5.59. The van der Waals surface area contributed by atoms with E-state index in [-0.39, 0.29) is 24.0 Å². The van der Waals surface area contributed by atoms with Crippen LogP contribution in [0.1, 0.15) is 104 Å². The van der Waals surface area contributed by atoms with Crippen LogP contribution >= 0.6 is 0 Å². The molecular formula is C23H42O5. The molecular weight excluding hydrogens is 356 g/mol. The summed E-state index contributed by atoms with van der Waals surface area (Å²) in [7, 11) is 0. The Morgan fingerprint density at radius 2 is 1.29 bits per heavy atom. The van der Waals surface area contributed by atoms with E-state index in [4.69, 9.17) is 14.2 Å². The Morgan fingerprint density at radius 1 is 0.786 bits per heavy atom. The van der Waals surface area contributed by atoms with E-state index in [1.807, 2.05) is 0 Å². The number of carbonyl (C=O) groups excluding carboxylic acids is 2. The molecule has 1 saturated heterocycles. The Balaban J connectivity index is 2.07. The van der Waals surface area contributed by atoms with Crippen LogP contribution in [0, 0.1) is 5.92 Å². The third-order valence-electron chi connectivity index (χ3n) is 5.27. The standard InChI is InChI=1S/C23H42O5/c1-3-5-7-11-15-20(16-12-8-6-4-2)22(24)26-17-13-9-10-14-18-27-23(25)21-19-28-21/h20-21H,3-19H2,1-2H3. The van der Waals surface area contributed by atoms with Crippen LogP contribution < -0.4 is 0 Å². The molecule has 1 aliphatic heterocycles. The van der Waals surface area contributed by atoms with Gasteiger partial charge in [0.2, 0.25) is 0 Å². The van der Waals surface area contributed by atoms with Crippen molar-refractivity contribution in [3.63, 3.8) is 0 Å². The van der Waals surface area contributed by atoms with Gasteiger partial charge in [-0.05, 0) is 38.5 Å². The third kappa shape index (κ3) is 13.1. The summed E-state index contributed by atoms with van der Waals surface area (Å²) < 4.78 is 15.5. The summed E-state index contributed by atoms with van der Waals surface area (Å²) in [4.78, 5) is 23.8. The average molecular weight is 399 g/mol. The first-order valence-corrected chi connectivity index (χ1v) is 11.6. The van der Waals surface area contributed by atoms with Gasteiger partial charge in [-0.15, -0.1) is 0 Å². The maximum Gasteiger partial charge on any atom is 0.337 e. The molecule has 5 heteroatoms. The molecule has 5 nitrogen and oxygen atoms in total. The number of carbonyl (C=O) groups is 2. The molecule has 0 N–H and O–H groups in total. The molecule has 1 atom stereocenters. The zero-order chi connectivity index (χ0) is 20.5. The summed E-state index contributed by atoms with van der Waals surface area (Å²) in [5.74, 6) is -0.151. The van der Waals surface area contributed by atoms with Gasteiger partial charge in [0.1, 0.15) is 0 Å². The Hall–Kier alpha value is -1.10. The second kappa shape index (κ2) is 16.8. The van der Waals surface area contributed by atoms with Crippen molar-refractivity contribution in [1.82, 2.24) is 0 Å². The Kier molecular flexibility index (Phi) is 15.0. The molecule has 1 rings (SSSR count). The second-order valence-electron chi connectivity index (χ2n) is 7.97. The molecule has 28 heavy (non-hydrogen) atoms. The van der Waals surface area contributed by atoms with E-state index in [2.05, 4.69) is 13.8 Å². The molecule has 1 fully saturated rings. The summed E-state index contributed by atoms with van der Waals surface area (Å²) >= 11 is 0. The zero-order valence-electron chi connectivity index (χ0n) is 18.2. The first kappa shape index (κ1) is 24.9. The molecule has 0 aromatic carbocycles. The molecule has 0 radical (unpaired) electrons. The van der Waals surface area contributed by atoms with Crippen LogP contribution in [0.4, 0.5) is 0 Å². The topological polar surface area (TPSA) is 65.1 Å². The van der Waals surface area contributed by atoms with E-state index in [9.17, 15) is 9.59 Å². The van der Waals surface area contributed by atoms with E-state index in [0.29, 0.717) is 19.8 Å². The molecule has 0 spiro atoms. The van der Waals surface area contributed by atoms with Crippen LogP contribution in [-0.4, -0.2) is 37.9 Å². The summed E-state index contributed by atoms with van der Waals surface area (Å²) in [6, 6.07) is 0. The summed E-state index contributed by atoms with van der Waals surface area (Å²) in [5.41, 5.74) is 0.